The summed E-state index contributed by atoms with van der Waals surface area (Å²) in [6, 6.07) is -0.539. The van der Waals surface area contributed by atoms with E-state index in [9.17, 15) is 19.8 Å². The lowest BCUT2D eigenvalue weighted by molar-refractivity contribution is -0.143. The van der Waals surface area contributed by atoms with Crippen LogP contribution < -0.4 is 5.32 Å². The lowest BCUT2D eigenvalue weighted by atomic mass is 10.0. The molecular formula is C64H123NO5. The van der Waals surface area contributed by atoms with Gasteiger partial charge in [0, 0.05) is 12.8 Å². The van der Waals surface area contributed by atoms with Crippen molar-refractivity contribution in [2.45, 2.75) is 360 Å². The Bertz CT molecular complexity index is 1090. The fraction of sp³-hybridized carbons (Fsp3) is 0.906. The van der Waals surface area contributed by atoms with Crippen molar-refractivity contribution >= 4 is 11.9 Å². The van der Waals surface area contributed by atoms with E-state index in [1.165, 1.54) is 270 Å². The first kappa shape index (κ1) is 68.3. The van der Waals surface area contributed by atoms with E-state index < -0.39 is 12.1 Å². The molecule has 70 heavy (non-hydrogen) atoms. The molecule has 0 bridgehead atoms. The number of ether oxygens (including phenoxy) is 1. The van der Waals surface area contributed by atoms with E-state index in [1.807, 2.05) is 0 Å². The van der Waals surface area contributed by atoms with E-state index in [0.717, 1.165) is 44.9 Å². The fourth-order valence-corrected chi connectivity index (χ4v) is 9.87. The molecule has 0 heterocycles. The number of hydrogen-bond donors (Lipinski definition) is 3. The Morgan fingerprint density at radius 2 is 0.671 bits per heavy atom. The normalized spacial score (nSPS) is 12.7. The average molecular weight is 987 g/mol. The van der Waals surface area contributed by atoms with Crippen molar-refractivity contribution in [1.82, 2.24) is 5.32 Å². The smallest absolute Gasteiger partial charge is 0.305 e. The van der Waals surface area contributed by atoms with Crippen LogP contribution in [0.15, 0.2) is 24.3 Å². The van der Waals surface area contributed by atoms with Crippen molar-refractivity contribution in [2.75, 3.05) is 13.2 Å². The zero-order chi connectivity index (χ0) is 50.7. The molecule has 0 aliphatic carbocycles. The maximum atomic E-state index is 12.4. The monoisotopic (exact) mass is 986 g/mol. The Kier molecular flexibility index (Phi) is 58.5. The van der Waals surface area contributed by atoms with Gasteiger partial charge in [-0.25, -0.2) is 0 Å². The van der Waals surface area contributed by atoms with E-state index in [1.54, 1.807) is 0 Å². The van der Waals surface area contributed by atoms with E-state index in [4.69, 9.17) is 4.74 Å². The van der Waals surface area contributed by atoms with Crippen LogP contribution in [-0.4, -0.2) is 47.4 Å². The zero-order valence-corrected chi connectivity index (χ0v) is 47.3. The molecule has 0 fully saturated rings. The number of hydrogen-bond acceptors (Lipinski definition) is 5. The summed E-state index contributed by atoms with van der Waals surface area (Å²) >= 11 is 0. The molecule has 2 unspecified atom stereocenters. The molecule has 0 aromatic carbocycles. The second-order valence-electron chi connectivity index (χ2n) is 21.7. The van der Waals surface area contributed by atoms with Crippen molar-refractivity contribution in [3.63, 3.8) is 0 Å². The van der Waals surface area contributed by atoms with E-state index in [2.05, 4.69) is 43.5 Å². The number of carbonyl (C=O) groups excluding carboxylic acids is 2. The van der Waals surface area contributed by atoms with Gasteiger partial charge in [-0.15, -0.1) is 0 Å². The molecule has 1 amide bonds. The summed E-state index contributed by atoms with van der Waals surface area (Å²) in [4.78, 5) is 24.5. The van der Waals surface area contributed by atoms with Gasteiger partial charge in [0.25, 0.3) is 0 Å². The lowest BCUT2D eigenvalue weighted by Crippen LogP contribution is -2.45. The van der Waals surface area contributed by atoms with Crippen LogP contribution in [0.3, 0.4) is 0 Å². The highest BCUT2D eigenvalue weighted by Gasteiger charge is 2.20. The lowest BCUT2D eigenvalue weighted by Gasteiger charge is -2.22. The molecule has 2 atom stereocenters. The van der Waals surface area contributed by atoms with Crippen molar-refractivity contribution in [3.05, 3.63) is 24.3 Å². The summed E-state index contributed by atoms with van der Waals surface area (Å²) < 4.78 is 5.49. The van der Waals surface area contributed by atoms with Crippen LogP contribution in [0.2, 0.25) is 0 Å². The van der Waals surface area contributed by atoms with Crippen LogP contribution in [0.25, 0.3) is 0 Å². The molecule has 0 saturated carbocycles. The third-order valence-corrected chi connectivity index (χ3v) is 14.7. The van der Waals surface area contributed by atoms with Gasteiger partial charge in [0.15, 0.2) is 0 Å². The van der Waals surface area contributed by atoms with Crippen molar-refractivity contribution in [1.29, 1.82) is 0 Å². The number of aliphatic hydroxyl groups is 2. The first-order valence-electron chi connectivity index (χ1n) is 31.6. The standard InChI is InChI=1S/C64H123NO5/c1-3-5-7-9-11-13-14-15-16-28-32-35-38-42-46-50-54-58-64(69)70-59-55-51-47-43-39-36-33-30-27-25-23-21-19-17-18-20-22-24-26-29-31-34-37-41-45-49-53-57-63(68)65-61(60-66)62(67)56-52-48-44-40-12-10-8-6-4-2/h15-18,61-62,66-67H,3-14,19-60H2,1-2H3,(H,65,68)/b16-15-,18-17-. The summed E-state index contributed by atoms with van der Waals surface area (Å²) in [6.07, 6.45) is 73.5. The van der Waals surface area contributed by atoms with Gasteiger partial charge in [-0.1, -0.05) is 282 Å². The van der Waals surface area contributed by atoms with Crippen LogP contribution in [0.5, 0.6) is 0 Å². The molecule has 0 aliphatic rings. The van der Waals surface area contributed by atoms with Crippen molar-refractivity contribution < 1.29 is 24.5 Å². The minimum Gasteiger partial charge on any atom is -0.466 e. The van der Waals surface area contributed by atoms with Crippen LogP contribution in [0.1, 0.15) is 348 Å². The Labute approximate surface area is 437 Å². The molecule has 414 valence electrons. The maximum Gasteiger partial charge on any atom is 0.305 e. The van der Waals surface area contributed by atoms with Gasteiger partial charge >= 0.3 is 5.97 Å². The first-order valence-corrected chi connectivity index (χ1v) is 31.6. The van der Waals surface area contributed by atoms with Gasteiger partial charge in [0.05, 0.1) is 25.4 Å². The molecule has 3 N–H and O–H groups in total. The Morgan fingerprint density at radius 3 is 1.01 bits per heavy atom. The fourth-order valence-electron chi connectivity index (χ4n) is 9.87. The number of carbonyl (C=O) groups is 2. The second kappa shape index (κ2) is 59.9. The summed E-state index contributed by atoms with van der Waals surface area (Å²) in [5, 5.41) is 23.1. The predicted octanol–water partition coefficient (Wildman–Crippen LogP) is 19.8. The van der Waals surface area contributed by atoms with Crippen LogP contribution in [0.4, 0.5) is 0 Å². The molecule has 0 aromatic heterocycles. The van der Waals surface area contributed by atoms with Gasteiger partial charge in [0.2, 0.25) is 5.91 Å². The van der Waals surface area contributed by atoms with Crippen molar-refractivity contribution in [3.8, 4) is 0 Å². The molecular weight excluding hydrogens is 863 g/mol. The van der Waals surface area contributed by atoms with E-state index >= 15 is 0 Å². The van der Waals surface area contributed by atoms with Gasteiger partial charge in [-0.2, -0.15) is 0 Å². The quantitative estimate of drug-likeness (QED) is 0.0321. The molecule has 0 radical (unpaired) electrons. The third kappa shape index (κ3) is 55.7. The number of allylic oxidation sites excluding steroid dienone is 4. The number of unbranched alkanes of at least 4 members (excludes halogenated alkanes) is 44. The third-order valence-electron chi connectivity index (χ3n) is 14.7. The Hall–Kier alpha value is -1.66. The first-order chi connectivity index (χ1) is 34.5. The van der Waals surface area contributed by atoms with Crippen molar-refractivity contribution in [2.24, 2.45) is 0 Å². The Balaban J connectivity index is 3.34. The number of rotatable bonds is 59. The minimum absolute atomic E-state index is 0.0120. The summed E-state index contributed by atoms with van der Waals surface area (Å²) in [5.74, 6) is -0.0253. The van der Waals surface area contributed by atoms with Crippen LogP contribution in [-0.2, 0) is 14.3 Å². The average Bonchev–Trinajstić information content (AvgIpc) is 3.36. The largest absolute Gasteiger partial charge is 0.466 e. The summed E-state index contributed by atoms with van der Waals surface area (Å²) in [6.45, 7) is 4.94. The number of nitrogens with one attached hydrogen (secondary N) is 1. The maximum absolute atomic E-state index is 12.4. The van der Waals surface area contributed by atoms with Gasteiger partial charge in [-0.05, 0) is 77.0 Å². The SMILES string of the molecule is CCCCCCCC/C=C\CCCCCCCCCC(=O)OCCCCCCCCCCCCCC/C=C\CCCCCCCCCCCCCC(=O)NC(CO)C(O)CCCCCCCCCCC. The van der Waals surface area contributed by atoms with Gasteiger partial charge in [0.1, 0.15) is 0 Å². The molecule has 6 nitrogen and oxygen atoms in total. The zero-order valence-electron chi connectivity index (χ0n) is 47.3. The van der Waals surface area contributed by atoms with E-state index in [0.29, 0.717) is 25.9 Å². The molecule has 0 aromatic rings. The molecule has 0 saturated heterocycles. The summed E-state index contributed by atoms with van der Waals surface area (Å²) in [5.41, 5.74) is 0. The van der Waals surface area contributed by atoms with Crippen LogP contribution in [0, 0.1) is 0 Å². The van der Waals surface area contributed by atoms with Crippen LogP contribution >= 0.6 is 0 Å². The van der Waals surface area contributed by atoms with E-state index in [-0.39, 0.29) is 18.5 Å². The highest BCUT2D eigenvalue weighted by molar-refractivity contribution is 5.76. The number of aliphatic hydroxyl groups excluding tert-OH is 2. The van der Waals surface area contributed by atoms with Gasteiger partial charge in [-0.3, -0.25) is 9.59 Å². The highest BCUT2D eigenvalue weighted by Crippen LogP contribution is 2.17. The second-order valence-corrected chi connectivity index (χ2v) is 21.7. The topological polar surface area (TPSA) is 95.9 Å². The number of amides is 1. The molecule has 0 aliphatic heterocycles. The highest BCUT2D eigenvalue weighted by atomic mass is 16.5. The minimum atomic E-state index is -0.662. The predicted molar refractivity (Wildman–Crippen MR) is 306 cm³/mol. The number of esters is 1. The van der Waals surface area contributed by atoms with Gasteiger partial charge < -0.3 is 20.3 Å². The Morgan fingerprint density at radius 1 is 0.386 bits per heavy atom. The molecule has 6 heteroatoms. The molecule has 0 spiro atoms. The molecule has 0 rings (SSSR count). The summed E-state index contributed by atoms with van der Waals surface area (Å²) in [7, 11) is 0.